The van der Waals surface area contributed by atoms with Crippen LogP contribution < -0.4 is 10.6 Å². The number of carbonyl (C=O) groups excluding carboxylic acids is 2. The van der Waals surface area contributed by atoms with Crippen LogP contribution in [-0.2, 0) is 23.8 Å². The van der Waals surface area contributed by atoms with Gasteiger partial charge < -0.3 is 30.0 Å². The second kappa shape index (κ2) is 15.6. The molecule has 9 nitrogen and oxygen atoms in total. The summed E-state index contributed by atoms with van der Waals surface area (Å²) >= 11 is 0. The summed E-state index contributed by atoms with van der Waals surface area (Å²) in [5.41, 5.74) is 4.72. The molecule has 3 N–H and O–H groups in total. The van der Waals surface area contributed by atoms with E-state index >= 15 is 0 Å². The first-order valence-electron chi connectivity index (χ1n) is 12.8. The van der Waals surface area contributed by atoms with Gasteiger partial charge in [-0.05, 0) is 35.1 Å². The molecule has 9 heteroatoms. The van der Waals surface area contributed by atoms with Crippen LogP contribution in [-0.4, -0.2) is 69.2 Å². The summed E-state index contributed by atoms with van der Waals surface area (Å²) in [4.78, 5) is 34.3. The number of nitrogens with one attached hydrogen (secondary N) is 2. The topological polar surface area (TPSA) is 123 Å². The van der Waals surface area contributed by atoms with Crippen LogP contribution in [0, 0.1) is 0 Å². The van der Waals surface area contributed by atoms with E-state index in [1.807, 2.05) is 24.3 Å². The second-order valence-corrected chi connectivity index (χ2v) is 8.78. The number of hydrogen-bond acceptors (Lipinski definition) is 6. The molecule has 3 rings (SSSR count). The van der Waals surface area contributed by atoms with Gasteiger partial charge in [-0.25, -0.2) is 4.79 Å². The summed E-state index contributed by atoms with van der Waals surface area (Å²) in [7, 11) is 0. The number of carbonyl (C=O) groups is 3. The minimum atomic E-state index is -0.794. The van der Waals surface area contributed by atoms with Gasteiger partial charge in [0, 0.05) is 31.8 Å². The third kappa shape index (κ3) is 9.51. The van der Waals surface area contributed by atoms with Crippen LogP contribution in [0.2, 0.25) is 0 Å². The Kier molecular flexibility index (Phi) is 11.9. The lowest BCUT2D eigenvalue weighted by Crippen LogP contribution is -2.29. The monoisotopic (exact) mass is 512 g/mol. The van der Waals surface area contributed by atoms with Gasteiger partial charge in [-0.2, -0.15) is 0 Å². The highest BCUT2D eigenvalue weighted by molar-refractivity contribution is 5.79. The lowest BCUT2D eigenvalue weighted by atomic mass is 9.98. The maximum atomic E-state index is 12.1. The molecule has 200 valence electrons. The van der Waals surface area contributed by atoms with Crippen molar-refractivity contribution in [1.29, 1.82) is 0 Å². The highest BCUT2D eigenvalue weighted by atomic mass is 16.6. The van der Waals surface area contributed by atoms with E-state index in [9.17, 15) is 14.4 Å². The maximum Gasteiger partial charge on any atom is 0.407 e. The average molecular weight is 513 g/mol. The van der Waals surface area contributed by atoms with Gasteiger partial charge >= 0.3 is 12.1 Å². The van der Waals surface area contributed by atoms with Crippen molar-refractivity contribution in [2.75, 3.05) is 46.1 Å². The number of ether oxygens (including phenoxy) is 3. The zero-order valence-corrected chi connectivity index (χ0v) is 21.1. The van der Waals surface area contributed by atoms with Gasteiger partial charge in [0.15, 0.2) is 0 Å². The van der Waals surface area contributed by atoms with Crippen LogP contribution in [0.4, 0.5) is 4.79 Å². The fourth-order valence-electron chi connectivity index (χ4n) is 4.26. The first-order chi connectivity index (χ1) is 18.1. The van der Waals surface area contributed by atoms with Gasteiger partial charge in [0.05, 0.1) is 26.4 Å². The molecule has 0 unspecified atom stereocenters. The average Bonchev–Trinajstić information content (AvgIpc) is 3.22. The van der Waals surface area contributed by atoms with E-state index < -0.39 is 12.1 Å². The Labute approximate surface area is 217 Å². The van der Waals surface area contributed by atoms with E-state index in [4.69, 9.17) is 19.3 Å². The van der Waals surface area contributed by atoms with Crippen LogP contribution in [0.5, 0.6) is 0 Å². The van der Waals surface area contributed by atoms with Gasteiger partial charge in [-0.3, -0.25) is 9.59 Å². The zero-order chi connectivity index (χ0) is 26.3. The van der Waals surface area contributed by atoms with Crippen molar-refractivity contribution in [2.24, 2.45) is 0 Å². The fourth-order valence-corrected chi connectivity index (χ4v) is 4.26. The molecule has 37 heavy (non-hydrogen) atoms. The molecule has 0 saturated heterocycles. The Balaban J connectivity index is 1.17. The van der Waals surface area contributed by atoms with E-state index in [0.717, 1.165) is 12.8 Å². The first-order valence-corrected chi connectivity index (χ1v) is 12.8. The lowest BCUT2D eigenvalue weighted by Gasteiger charge is -2.14. The highest BCUT2D eigenvalue weighted by Crippen LogP contribution is 2.44. The highest BCUT2D eigenvalue weighted by Gasteiger charge is 2.28. The van der Waals surface area contributed by atoms with Crippen LogP contribution in [0.1, 0.15) is 49.1 Å². The summed E-state index contributed by atoms with van der Waals surface area (Å²) in [6.07, 6.45) is 2.10. The van der Waals surface area contributed by atoms with E-state index in [1.54, 1.807) is 0 Å². The van der Waals surface area contributed by atoms with E-state index in [1.165, 1.54) is 22.3 Å². The molecule has 0 saturated carbocycles. The Morgan fingerprint density at radius 3 is 2.05 bits per heavy atom. The molecule has 0 bridgehead atoms. The van der Waals surface area contributed by atoms with Crippen molar-refractivity contribution >= 4 is 18.0 Å². The fraction of sp³-hybridized carbons (Fsp3) is 0.464. The van der Waals surface area contributed by atoms with Crippen LogP contribution in [0.15, 0.2) is 48.5 Å². The standard InChI is InChI=1S/C28H36N2O7/c31-26(29-14-7-1-2-12-27(32)33)13-16-35-18-19-36-17-15-30-28(34)37-20-25-23-10-5-3-8-21(23)22-9-4-6-11-24(22)25/h3-6,8-11,25H,1-2,7,12-20H2,(H,29,31)(H,30,34)(H,32,33). The molecule has 0 heterocycles. The van der Waals surface area contributed by atoms with Crippen molar-refractivity contribution in [2.45, 2.75) is 38.0 Å². The van der Waals surface area contributed by atoms with Gasteiger partial charge in [-0.15, -0.1) is 0 Å². The molecule has 2 amide bonds. The molecular weight excluding hydrogens is 476 g/mol. The molecule has 0 radical (unpaired) electrons. The third-order valence-corrected chi connectivity index (χ3v) is 6.09. The molecule has 0 spiro atoms. The number of carboxylic acid groups (broad SMARTS) is 1. The Morgan fingerprint density at radius 1 is 0.730 bits per heavy atom. The number of amides is 2. The minimum Gasteiger partial charge on any atom is -0.481 e. The minimum absolute atomic E-state index is 0.0254. The predicted octanol–water partition coefficient (Wildman–Crippen LogP) is 3.71. The largest absolute Gasteiger partial charge is 0.481 e. The summed E-state index contributed by atoms with van der Waals surface area (Å²) in [6, 6.07) is 16.4. The number of hydrogen-bond donors (Lipinski definition) is 3. The normalized spacial score (nSPS) is 12.0. The Morgan fingerprint density at radius 2 is 1.38 bits per heavy atom. The predicted molar refractivity (Wildman–Crippen MR) is 138 cm³/mol. The molecule has 2 aromatic carbocycles. The summed E-state index contributed by atoms with van der Waals surface area (Å²) in [5, 5.41) is 14.1. The number of unbranched alkanes of at least 4 members (excludes halogenated alkanes) is 2. The van der Waals surface area contributed by atoms with Crippen molar-refractivity contribution in [3.63, 3.8) is 0 Å². The molecule has 1 aliphatic rings. The SMILES string of the molecule is O=C(O)CCCCCNC(=O)CCOCCOCCNC(=O)OCC1c2ccccc2-c2ccccc21. The summed E-state index contributed by atoms with van der Waals surface area (Å²) < 4.78 is 16.3. The first kappa shape index (κ1) is 28.1. The van der Waals surface area contributed by atoms with Crippen molar-refractivity contribution in [1.82, 2.24) is 10.6 Å². The molecule has 1 aliphatic carbocycles. The lowest BCUT2D eigenvalue weighted by molar-refractivity contribution is -0.137. The quantitative estimate of drug-likeness (QED) is 0.276. The summed E-state index contributed by atoms with van der Waals surface area (Å²) in [5.74, 6) is -0.860. The van der Waals surface area contributed by atoms with E-state index in [2.05, 4.69) is 34.9 Å². The van der Waals surface area contributed by atoms with Crippen LogP contribution in [0.25, 0.3) is 11.1 Å². The van der Waals surface area contributed by atoms with Gasteiger partial charge in [0.25, 0.3) is 0 Å². The Hall–Kier alpha value is -3.43. The molecule has 2 aromatic rings. The van der Waals surface area contributed by atoms with Crippen molar-refractivity contribution < 1.29 is 33.7 Å². The molecule has 0 fully saturated rings. The Bertz CT molecular complexity index is 982. The van der Waals surface area contributed by atoms with E-state index in [0.29, 0.717) is 45.9 Å². The van der Waals surface area contributed by atoms with Gasteiger partial charge in [0.1, 0.15) is 6.61 Å². The number of carboxylic acids is 1. The van der Waals surface area contributed by atoms with Crippen molar-refractivity contribution in [3.8, 4) is 11.1 Å². The third-order valence-electron chi connectivity index (χ3n) is 6.09. The number of fused-ring (bicyclic) bond motifs is 3. The van der Waals surface area contributed by atoms with Crippen LogP contribution >= 0.6 is 0 Å². The van der Waals surface area contributed by atoms with Crippen molar-refractivity contribution in [3.05, 3.63) is 59.7 Å². The number of alkyl carbamates (subject to hydrolysis) is 1. The molecule has 0 atom stereocenters. The number of rotatable bonds is 17. The zero-order valence-electron chi connectivity index (χ0n) is 21.1. The molecule has 0 aromatic heterocycles. The molecule has 0 aliphatic heterocycles. The van der Waals surface area contributed by atoms with Gasteiger partial charge in [0.2, 0.25) is 5.91 Å². The van der Waals surface area contributed by atoms with Gasteiger partial charge in [-0.1, -0.05) is 55.0 Å². The van der Waals surface area contributed by atoms with E-state index in [-0.39, 0.29) is 31.3 Å². The molecular formula is C28H36N2O7. The smallest absolute Gasteiger partial charge is 0.407 e. The number of benzene rings is 2. The second-order valence-electron chi connectivity index (χ2n) is 8.78. The number of aliphatic carboxylic acids is 1. The summed E-state index contributed by atoms with van der Waals surface area (Å²) in [6.45, 7) is 2.48. The maximum absolute atomic E-state index is 12.1. The van der Waals surface area contributed by atoms with Crippen LogP contribution in [0.3, 0.4) is 0 Å².